The number of aromatic nitrogens is 1. The Hall–Kier alpha value is -2.92. The molecule has 1 amide bonds. The molecule has 0 unspecified atom stereocenters. The Morgan fingerprint density at radius 1 is 1.19 bits per heavy atom. The van der Waals surface area contributed by atoms with E-state index in [1.807, 2.05) is 38.1 Å². The van der Waals surface area contributed by atoms with Crippen LogP contribution in [-0.4, -0.2) is 23.2 Å². The smallest absolute Gasteiger partial charge is 0.251 e. The number of fused-ring (bicyclic) bond motifs is 1. The van der Waals surface area contributed by atoms with Crippen LogP contribution >= 0.6 is 11.6 Å². The first kappa shape index (κ1) is 22.3. The number of rotatable bonds is 9. The molecule has 2 aromatic carbocycles. The topological polar surface area (TPSA) is 68.3 Å². The maximum atomic E-state index is 12.6. The number of benzene rings is 2. The summed E-state index contributed by atoms with van der Waals surface area (Å²) in [4.78, 5) is 29.2. The fraction of sp³-hybridized carbons (Fsp3) is 0.346. The zero-order chi connectivity index (χ0) is 22.7. The normalized spacial score (nSPS) is 13.2. The summed E-state index contributed by atoms with van der Waals surface area (Å²) in [5.41, 5.74) is 3.03. The molecule has 1 heterocycles. The Labute approximate surface area is 193 Å². The van der Waals surface area contributed by atoms with Crippen molar-refractivity contribution in [3.8, 4) is 11.5 Å². The first-order valence-electron chi connectivity index (χ1n) is 11.1. The van der Waals surface area contributed by atoms with Crippen LogP contribution in [0.25, 0.3) is 10.9 Å². The second-order valence-corrected chi connectivity index (χ2v) is 8.87. The van der Waals surface area contributed by atoms with E-state index in [1.54, 1.807) is 18.3 Å². The van der Waals surface area contributed by atoms with Gasteiger partial charge in [-0.25, -0.2) is 0 Å². The maximum absolute atomic E-state index is 12.6. The van der Waals surface area contributed by atoms with E-state index in [4.69, 9.17) is 16.3 Å². The zero-order valence-corrected chi connectivity index (χ0v) is 19.2. The molecule has 6 heteroatoms. The lowest BCUT2D eigenvalue weighted by Crippen LogP contribution is -2.24. The molecule has 1 saturated carbocycles. The van der Waals surface area contributed by atoms with Crippen molar-refractivity contribution in [2.45, 2.75) is 46.0 Å². The molecule has 0 spiro atoms. The van der Waals surface area contributed by atoms with E-state index < -0.39 is 0 Å². The summed E-state index contributed by atoms with van der Waals surface area (Å²) in [6, 6.07) is 10.9. The highest BCUT2D eigenvalue weighted by Crippen LogP contribution is 2.35. The minimum atomic E-state index is -0.107. The zero-order valence-electron chi connectivity index (χ0n) is 18.4. The Morgan fingerprint density at radius 3 is 2.72 bits per heavy atom. The van der Waals surface area contributed by atoms with Gasteiger partial charge in [0, 0.05) is 41.6 Å². The van der Waals surface area contributed by atoms with Crippen LogP contribution in [0.3, 0.4) is 0 Å². The van der Waals surface area contributed by atoms with Crippen molar-refractivity contribution in [2.24, 2.45) is 5.92 Å². The highest BCUT2D eigenvalue weighted by molar-refractivity contribution is 6.31. The summed E-state index contributed by atoms with van der Waals surface area (Å²) in [7, 11) is 0. The first-order valence-corrected chi connectivity index (χ1v) is 11.5. The number of amides is 1. The number of aryl methyl sites for hydroxylation is 1. The second-order valence-electron chi connectivity index (χ2n) is 8.47. The quantitative estimate of drug-likeness (QED) is 0.431. The molecule has 4 rings (SSSR count). The van der Waals surface area contributed by atoms with Crippen molar-refractivity contribution in [3.05, 3.63) is 64.3 Å². The average Bonchev–Trinajstić information content (AvgIpc) is 3.57. The molecule has 1 aliphatic carbocycles. The molecule has 1 N–H and O–H groups in total. The number of pyridine rings is 1. The van der Waals surface area contributed by atoms with Crippen LogP contribution in [0.15, 0.2) is 42.6 Å². The summed E-state index contributed by atoms with van der Waals surface area (Å²) in [5.74, 6) is 1.85. The van der Waals surface area contributed by atoms with E-state index in [-0.39, 0.29) is 11.7 Å². The predicted molar refractivity (Wildman–Crippen MR) is 127 cm³/mol. The molecule has 0 radical (unpaired) electrons. The molecular formula is C26H27ClN2O3. The van der Waals surface area contributed by atoms with Gasteiger partial charge in [0.05, 0.1) is 5.52 Å². The molecule has 5 nitrogen and oxygen atoms in total. The lowest BCUT2D eigenvalue weighted by Gasteiger charge is -2.13. The minimum absolute atomic E-state index is 0.107. The van der Waals surface area contributed by atoms with Gasteiger partial charge in [0.1, 0.15) is 17.3 Å². The van der Waals surface area contributed by atoms with Gasteiger partial charge >= 0.3 is 0 Å². The SMILES string of the molecule is CCCNC(=O)c1cc2c(Oc3ccc(CC(=O)CC4CC4)c(Cl)c3)ccnc2cc1C. The molecule has 1 fully saturated rings. The van der Waals surface area contributed by atoms with Crippen molar-refractivity contribution >= 4 is 34.2 Å². The number of carbonyl (C=O) groups is 2. The van der Waals surface area contributed by atoms with E-state index >= 15 is 0 Å². The van der Waals surface area contributed by atoms with Gasteiger partial charge in [-0.3, -0.25) is 14.6 Å². The molecule has 32 heavy (non-hydrogen) atoms. The number of hydrogen-bond acceptors (Lipinski definition) is 4. The summed E-state index contributed by atoms with van der Waals surface area (Å²) in [6.07, 6.45) is 5.87. The molecule has 0 bridgehead atoms. The first-order chi connectivity index (χ1) is 15.4. The molecule has 1 aliphatic rings. The Kier molecular flexibility index (Phi) is 6.75. The number of ketones is 1. The third-order valence-electron chi connectivity index (χ3n) is 5.68. The molecular weight excluding hydrogens is 424 g/mol. The lowest BCUT2D eigenvalue weighted by atomic mass is 10.0. The summed E-state index contributed by atoms with van der Waals surface area (Å²) in [5, 5.41) is 4.19. The summed E-state index contributed by atoms with van der Waals surface area (Å²) >= 11 is 6.45. The van der Waals surface area contributed by atoms with Crippen LogP contribution in [-0.2, 0) is 11.2 Å². The predicted octanol–water partition coefficient (Wildman–Crippen LogP) is 6.04. The maximum Gasteiger partial charge on any atom is 0.251 e. The fourth-order valence-corrected chi connectivity index (χ4v) is 3.97. The fourth-order valence-electron chi connectivity index (χ4n) is 3.73. The van der Waals surface area contributed by atoms with Gasteiger partial charge in [-0.1, -0.05) is 24.6 Å². The number of hydrogen-bond donors (Lipinski definition) is 1. The van der Waals surface area contributed by atoms with E-state index in [1.165, 1.54) is 0 Å². The van der Waals surface area contributed by atoms with Crippen molar-refractivity contribution < 1.29 is 14.3 Å². The van der Waals surface area contributed by atoms with Crippen molar-refractivity contribution in [2.75, 3.05) is 6.54 Å². The van der Waals surface area contributed by atoms with E-state index in [0.717, 1.165) is 41.3 Å². The van der Waals surface area contributed by atoms with E-state index in [0.29, 0.717) is 47.4 Å². The number of nitrogens with one attached hydrogen (secondary N) is 1. The van der Waals surface area contributed by atoms with E-state index in [9.17, 15) is 9.59 Å². The summed E-state index contributed by atoms with van der Waals surface area (Å²) < 4.78 is 6.12. The van der Waals surface area contributed by atoms with Crippen LogP contribution in [0.1, 0.15) is 54.1 Å². The Balaban J connectivity index is 1.57. The van der Waals surface area contributed by atoms with Gasteiger partial charge in [0.25, 0.3) is 5.91 Å². The van der Waals surface area contributed by atoms with Gasteiger partial charge in [0.15, 0.2) is 0 Å². The van der Waals surface area contributed by atoms with Gasteiger partial charge in [-0.05, 0) is 73.6 Å². The van der Waals surface area contributed by atoms with Gasteiger partial charge < -0.3 is 10.1 Å². The van der Waals surface area contributed by atoms with Crippen LogP contribution in [0.2, 0.25) is 5.02 Å². The molecule has 166 valence electrons. The monoisotopic (exact) mass is 450 g/mol. The summed E-state index contributed by atoms with van der Waals surface area (Å²) in [6.45, 7) is 4.54. The second kappa shape index (κ2) is 9.70. The molecule has 3 aromatic rings. The molecule has 1 aromatic heterocycles. The van der Waals surface area contributed by atoms with Gasteiger partial charge in [-0.15, -0.1) is 0 Å². The van der Waals surface area contributed by atoms with Crippen LogP contribution in [0.4, 0.5) is 0 Å². The van der Waals surface area contributed by atoms with Crippen LogP contribution in [0, 0.1) is 12.8 Å². The van der Waals surface area contributed by atoms with Crippen molar-refractivity contribution in [1.82, 2.24) is 10.3 Å². The Morgan fingerprint density at radius 2 is 2.00 bits per heavy atom. The van der Waals surface area contributed by atoms with Gasteiger partial charge in [0.2, 0.25) is 0 Å². The number of halogens is 1. The minimum Gasteiger partial charge on any atom is -0.457 e. The van der Waals surface area contributed by atoms with Crippen molar-refractivity contribution in [3.63, 3.8) is 0 Å². The average molecular weight is 451 g/mol. The van der Waals surface area contributed by atoms with Crippen LogP contribution in [0.5, 0.6) is 11.5 Å². The van der Waals surface area contributed by atoms with Gasteiger partial charge in [-0.2, -0.15) is 0 Å². The molecule has 0 saturated heterocycles. The number of nitrogens with zero attached hydrogens (tertiary/aromatic N) is 1. The standard InChI is InChI=1S/C26H27ClN2O3/c1-3-9-29-26(31)21-15-22-24(11-16(21)2)28-10-8-25(22)32-20-7-6-18(23(27)14-20)13-19(30)12-17-4-5-17/h6-8,10-11,14-15,17H,3-5,9,12-13H2,1-2H3,(H,29,31). The molecule has 0 atom stereocenters. The largest absolute Gasteiger partial charge is 0.457 e. The Bertz CT molecular complexity index is 1170. The molecule has 0 aliphatic heterocycles. The van der Waals surface area contributed by atoms with Crippen LogP contribution < -0.4 is 10.1 Å². The third-order valence-corrected chi connectivity index (χ3v) is 6.03. The highest BCUT2D eigenvalue weighted by atomic mass is 35.5. The van der Waals surface area contributed by atoms with Crippen molar-refractivity contribution in [1.29, 1.82) is 0 Å². The highest BCUT2D eigenvalue weighted by Gasteiger charge is 2.24. The van der Waals surface area contributed by atoms with E-state index in [2.05, 4.69) is 10.3 Å². The third kappa shape index (κ3) is 5.28. The number of Topliss-reactive ketones (excluding diaryl/α,β-unsaturated/α-hetero) is 1. The number of ether oxygens (including phenoxy) is 1. The lowest BCUT2D eigenvalue weighted by molar-refractivity contribution is -0.118. The number of carbonyl (C=O) groups excluding carboxylic acids is 2.